The van der Waals surface area contributed by atoms with Gasteiger partial charge in [-0.15, -0.1) is 11.3 Å². The Morgan fingerprint density at radius 1 is 1.29 bits per heavy atom. The van der Waals surface area contributed by atoms with Gasteiger partial charge in [0.15, 0.2) is 0 Å². The molecule has 31 heavy (non-hydrogen) atoms. The number of carbonyl (C=O) groups excluding carboxylic acids is 1. The minimum atomic E-state index is -0.0265. The van der Waals surface area contributed by atoms with Gasteiger partial charge in [-0.25, -0.2) is 4.98 Å². The summed E-state index contributed by atoms with van der Waals surface area (Å²) in [5.41, 5.74) is 4.29. The first kappa shape index (κ1) is 19.8. The van der Waals surface area contributed by atoms with Crippen molar-refractivity contribution >= 4 is 28.1 Å². The Kier molecular flexibility index (Phi) is 5.03. The quantitative estimate of drug-likeness (QED) is 0.530. The maximum atomic E-state index is 13.5. The number of aromatic nitrogens is 4. The lowest BCUT2D eigenvalue weighted by atomic mass is 10.1. The van der Waals surface area contributed by atoms with E-state index in [0.29, 0.717) is 11.7 Å². The number of nitrogens with zero attached hydrogens (tertiary/aromatic N) is 5. The van der Waals surface area contributed by atoms with Crippen LogP contribution in [0.25, 0.3) is 32.0 Å². The molecule has 0 saturated carbocycles. The summed E-state index contributed by atoms with van der Waals surface area (Å²) in [6.07, 6.45) is 4.49. The molecule has 4 aromatic rings. The summed E-state index contributed by atoms with van der Waals surface area (Å²) in [6.45, 7) is 3.51. The van der Waals surface area contributed by atoms with Crippen molar-refractivity contribution in [1.82, 2.24) is 30.0 Å². The Morgan fingerprint density at radius 2 is 2.16 bits per heavy atom. The summed E-state index contributed by atoms with van der Waals surface area (Å²) in [6, 6.07) is 10.4. The number of hydrogen-bond donors (Lipinski definition) is 1. The van der Waals surface area contributed by atoms with Gasteiger partial charge < -0.3 is 9.80 Å². The van der Waals surface area contributed by atoms with Gasteiger partial charge in [0.2, 0.25) is 0 Å². The molecule has 0 radical (unpaired) electrons. The molecule has 1 saturated heterocycles. The Morgan fingerprint density at radius 3 is 2.90 bits per heavy atom. The number of hydrogen-bond acceptors (Lipinski definition) is 6. The molecule has 1 aliphatic heterocycles. The van der Waals surface area contributed by atoms with Crippen molar-refractivity contribution in [3.8, 4) is 21.1 Å². The molecule has 1 aliphatic rings. The smallest absolute Gasteiger partial charge is 0.274 e. The Balaban J connectivity index is 1.59. The number of fused-ring (bicyclic) bond motifs is 1. The number of thiazole rings is 1. The molecule has 1 fully saturated rings. The molecular weight excluding hydrogens is 408 g/mol. The minimum Gasteiger partial charge on any atom is -0.336 e. The first-order chi connectivity index (χ1) is 15.0. The average Bonchev–Trinajstić information content (AvgIpc) is 3.51. The van der Waals surface area contributed by atoms with Gasteiger partial charge in [0, 0.05) is 42.5 Å². The maximum absolute atomic E-state index is 13.5. The molecule has 8 heteroatoms. The van der Waals surface area contributed by atoms with Crippen LogP contribution < -0.4 is 0 Å². The molecule has 4 heterocycles. The highest BCUT2D eigenvalue weighted by Gasteiger charge is 2.32. The van der Waals surface area contributed by atoms with Crippen LogP contribution >= 0.6 is 11.3 Å². The second kappa shape index (κ2) is 7.86. The van der Waals surface area contributed by atoms with Crippen LogP contribution in [0.3, 0.4) is 0 Å². The normalized spacial score (nSPS) is 16.5. The highest BCUT2D eigenvalue weighted by molar-refractivity contribution is 7.18. The van der Waals surface area contributed by atoms with Crippen LogP contribution in [0.5, 0.6) is 0 Å². The lowest BCUT2D eigenvalue weighted by Crippen LogP contribution is -2.34. The van der Waals surface area contributed by atoms with Gasteiger partial charge in [-0.05, 0) is 45.1 Å². The number of benzene rings is 1. The van der Waals surface area contributed by atoms with Gasteiger partial charge in [-0.1, -0.05) is 18.2 Å². The third-order valence-electron chi connectivity index (χ3n) is 5.86. The standard InChI is InChI=1S/C23H24N6OS/c1-14-6-7-17-18(11-14)26-27-19(17)22-25-20(21(31-22)15-5-4-9-24-12-15)23(30)29-10-8-16(13-29)28(2)3/h4-7,9,11-12,16H,8,10,13H2,1-3H3,(H,26,27). The molecule has 1 aromatic carbocycles. The van der Waals surface area contributed by atoms with Crippen molar-refractivity contribution in [3.05, 3.63) is 54.0 Å². The van der Waals surface area contributed by atoms with Gasteiger partial charge in [0.05, 0.1) is 10.4 Å². The molecule has 158 valence electrons. The van der Waals surface area contributed by atoms with E-state index in [9.17, 15) is 4.79 Å². The first-order valence-corrected chi connectivity index (χ1v) is 11.1. The molecule has 1 amide bonds. The number of carbonyl (C=O) groups is 1. The summed E-state index contributed by atoms with van der Waals surface area (Å²) in [4.78, 5) is 27.5. The summed E-state index contributed by atoms with van der Waals surface area (Å²) in [5.74, 6) is -0.0265. The Labute approximate surface area is 184 Å². The van der Waals surface area contributed by atoms with Crippen LogP contribution in [-0.2, 0) is 0 Å². The van der Waals surface area contributed by atoms with Crippen LogP contribution in [-0.4, -0.2) is 69.1 Å². The maximum Gasteiger partial charge on any atom is 0.274 e. The van der Waals surface area contributed by atoms with Crippen LogP contribution in [0, 0.1) is 6.92 Å². The SMILES string of the molecule is Cc1ccc2c(-c3nc(C(=O)N4CCC(N(C)C)C4)c(-c4cccnc4)s3)n[nH]c2c1. The second-order valence-corrected chi connectivity index (χ2v) is 9.22. The number of aromatic amines is 1. The van der Waals surface area contributed by atoms with Gasteiger partial charge in [-0.2, -0.15) is 5.10 Å². The number of pyridine rings is 1. The number of amides is 1. The van der Waals surface area contributed by atoms with E-state index in [1.165, 1.54) is 16.9 Å². The van der Waals surface area contributed by atoms with Crippen molar-refractivity contribution in [2.75, 3.05) is 27.2 Å². The predicted molar refractivity (Wildman–Crippen MR) is 123 cm³/mol. The average molecular weight is 433 g/mol. The zero-order chi connectivity index (χ0) is 21.5. The monoisotopic (exact) mass is 432 g/mol. The van der Waals surface area contributed by atoms with Gasteiger partial charge in [0.1, 0.15) is 16.4 Å². The van der Waals surface area contributed by atoms with Crippen LogP contribution in [0.2, 0.25) is 0 Å². The zero-order valence-corrected chi connectivity index (χ0v) is 18.6. The summed E-state index contributed by atoms with van der Waals surface area (Å²) in [7, 11) is 4.12. The fraction of sp³-hybridized carbons (Fsp3) is 0.304. The van der Waals surface area contributed by atoms with E-state index < -0.39 is 0 Å². The number of likely N-dealkylation sites (tertiary alicyclic amines) is 1. The highest BCUT2D eigenvalue weighted by Crippen LogP contribution is 2.38. The van der Waals surface area contributed by atoms with Crippen LogP contribution in [0.1, 0.15) is 22.5 Å². The van der Waals surface area contributed by atoms with E-state index in [1.807, 2.05) is 17.0 Å². The fourth-order valence-corrected chi connectivity index (χ4v) is 5.10. The molecule has 0 spiro atoms. The third-order valence-corrected chi connectivity index (χ3v) is 6.97. The van der Waals surface area contributed by atoms with Crippen molar-refractivity contribution in [3.63, 3.8) is 0 Å². The number of likely N-dealkylation sites (N-methyl/N-ethyl adjacent to an activating group) is 1. The lowest BCUT2D eigenvalue weighted by molar-refractivity contribution is 0.0779. The van der Waals surface area contributed by atoms with E-state index in [1.54, 1.807) is 12.4 Å². The molecule has 7 nitrogen and oxygen atoms in total. The van der Waals surface area contributed by atoms with Gasteiger partial charge in [-0.3, -0.25) is 14.9 Å². The van der Waals surface area contributed by atoms with Gasteiger partial charge >= 0.3 is 0 Å². The van der Waals surface area contributed by atoms with Crippen molar-refractivity contribution < 1.29 is 4.79 Å². The van der Waals surface area contributed by atoms with Crippen molar-refractivity contribution in [2.45, 2.75) is 19.4 Å². The molecule has 1 N–H and O–H groups in total. The topological polar surface area (TPSA) is 78.0 Å². The minimum absolute atomic E-state index is 0.0265. The highest BCUT2D eigenvalue weighted by atomic mass is 32.1. The zero-order valence-electron chi connectivity index (χ0n) is 17.8. The van der Waals surface area contributed by atoms with E-state index in [4.69, 9.17) is 4.98 Å². The van der Waals surface area contributed by atoms with E-state index in [2.05, 4.69) is 59.3 Å². The van der Waals surface area contributed by atoms with Crippen molar-refractivity contribution in [1.29, 1.82) is 0 Å². The van der Waals surface area contributed by atoms with E-state index >= 15 is 0 Å². The van der Waals surface area contributed by atoms with Crippen LogP contribution in [0.4, 0.5) is 0 Å². The number of aryl methyl sites for hydroxylation is 1. The third kappa shape index (κ3) is 3.62. The Hall–Kier alpha value is -3.10. The fourth-order valence-electron chi connectivity index (χ4n) is 4.05. The number of H-pyrrole nitrogens is 1. The second-order valence-electron chi connectivity index (χ2n) is 8.22. The Bertz CT molecular complexity index is 1250. The lowest BCUT2D eigenvalue weighted by Gasteiger charge is -2.20. The van der Waals surface area contributed by atoms with E-state index in [0.717, 1.165) is 51.6 Å². The van der Waals surface area contributed by atoms with Crippen LogP contribution in [0.15, 0.2) is 42.7 Å². The number of nitrogens with one attached hydrogen (secondary N) is 1. The molecule has 1 atom stereocenters. The summed E-state index contributed by atoms with van der Waals surface area (Å²) < 4.78 is 0. The molecule has 0 aliphatic carbocycles. The summed E-state index contributed by atoms with van der Waals surface area (Å²) >= 11 is 1.49. The predicted octanol–water partition coefficient (Wildman–Crippen LogP) is 3.83. The van der Waals surface area contributed by atoms with E-state index in [-0.39, 0.29) is 5.91 Å². The largest absolute Gasteiger partial charge is 0.336 e. The first-order valence-electron chi connectivity index (χ1n) is 10.3. The summed E-state index contributed by atoms with van der Waals surface area (Å²) in [5, 5.41) is 9.37. The molecule has 0 bridgehead atoms. The van der Waals surface area contributed by atoms with Gasteiger partial charge in [0.25, 0.3) is 5.91 Å². The molecule has 3 aromatic heterocycles. The number of rotatable bonds is 4. The molecule has 1 unspecified atom stereocenters. The molecular formula is C23H24N6OS. The van der Waals surface area contributed by atoms with Crippen molar-refractivity contribution in [2.24, 2.45) is 0 Å². The molecule has 5 rings (SSSR count).